The average Bonchev–Trinajstić information content (AvgIpc) is 2.73. The number of sulfonamides is 1. The minimum absolute atomic E-state index is 0.300. The van der Waals surface area contributed by atoms with Gasteiger partial charge in [-0.3, -0.25) is 0 Å². The molecule has 2 rings (SSSR count). The van der Waals surface area contributed by atoms with Crippen molar-refractivity contribution in [2.75, 3.05) is 6.54 Å². The van der Waals surface area contributed by atoms with Crippen LogP contribution in [0.25, 0.3) is 0 Å². The topological polar surface area (TPSA) is 48.2 Å². The summed E-state index contributed by atoms with van der Waals surface area (Å²) in [7, 11) is -3.45. The van der Waals surface area contributed by atoms with Crippen LogP contribution < -0.4 is 4.72 Å². The lowest BCUT2D eigenvalue weighted by Crippen LogP contribution is -2.18. The Kier molecular flexibility index (Phi) is 6.05. The lowest BCUT2D eigenvalue weighted by Gasteiger charge is -2.13. The standard InChI is InChI=1S/C16H24NO2S/c18-20(19,16-12-6-3-7-13-16)17-14-8-11-15-9-4-1-2-5-10-15/h3,6-7,12-13,15H,1-2,4-5,8-11,14H2. The number of nitrogens with zero attached hydrogens (tertiary/aromatic N) is 1. The molecule has 1 fully saturated rings. The fourth-order valence-electron chi connectivity index (χ4n) is 2.88. The summed E-state index contributed by atoms with van der Waals surface area (Å²) in [5.41, 5.74) is 0. The van der Waals surface area contributed by atoms with Gasteiger partial charge in [-0.05, 0) is 30.9 Å². The van der Waals surface area contributed by atoms with Crippen LogP contribution in [-0.4, -0.2) is 15.0 Å². The molecule has 3 nitrogen and oxygen atoms in total. The van der Waals surface area contributed by atoms with Gasteiger partial charge in [-0.1, -0.05) is 56.7 Å². The Morgan fingerprint density at radius 3 is 2.30 bits per heavy atom. The summed E-state index contributed by atoms with van der Waals surface area (Å²) < 4.78 is 27.8. The first-order valence-electron chi connectivity index (χ1n) is 7.67. The van der Waals surface area contributed by atoms with E-state index in [0.717, 1.165) is 18.8 Å². The molecule has 0 saturated heterocycles. The number of benzene rings is 1. The highest BCUT2D eigenvalue weighted by Gasteiger charge is 2.15. The molecule has 1 saturated carbocycles. The minimum atomic E-state index is -3.45. The Labute approximate surface area is 122 Å². The second kappa shape index (κ2) is 7.79. The number of hydrogen-bond acceptors (Lipinski definition) is 2. The Balaban J connectivity index is 1.72. The second-order valence-corrected chi connectivity index (χ2v) is 7.32. The predicted octanol–water partition coefficient (Wildman–Crippen LogP) is 3.73. The minimum Gasteiger partial charge on any atom is -0.206 e. The summed E-state index contributed by atoms with van der Waals surface area (Å²) >= 11 is 0. The van der Waals surface area contributed by atoms with Crippen molar-refractivity contribution in [1.82, 2.24) is 4.72 Å². The van der Waals surface area contributed by atoms with Gasteiger partial charge in [0.15, 0.2) is 0 Å². The first-order chi connectivity index (χ1) is 9.68. The third-order valence-corrected chi connectivity index (χ3v) is 5.44. The van der Waals surface area contributed by atoms with E-state index < -0.39 is 10.0 Å². The highest BCUT2D eigenvalue weighted by molar-refractivity contribution is 7.89. The molecule has 1 aromatic rings. The van der Waals surface area contributed by atoms with Crippen molar-refractivity contribution in [3.63, 3.8) is 0 Å². The van der Waals surface area contributed by atoms with Gasteiger partial charge in [0.25, 0.3) is 10.0 Å². The van der Waals surface area contributed by atoms with E-state index in [2.05, 4.69) is 4.72 Å². The fraction of sp³-hybridized carbons (Fsp3) is 0.625. The van der Waals surface area contributed by atoms with Gasteiger partial charge in [-0.25, -0.2) is 8.42 Å². The quantitative estimate of drug-likeness (QED) is 0.593. The lowest BCUT2D eigenvalue weighted by molar-refractivity contribution is 0.414. The zero-order chi connectivity index (χ0) is 14.3. The van der Waals surface area contributed by atoms with Gasteiger partial charge in [0.1, 0.15) is 0 Å². The number of hydrogen-bond donors (Lipinski definition) is 0. The van der Waals surface area contributed by atoms with E-state index in [-0.39, 0.29) is 0 Å². The molecule has 0 bridgehead atoms. The third kappa shape index (κ3) is 4.91. The first-order valence-corrected chi connectivity index (χ1v) is 9.11. The van der Waals surface area contributed by atoms with Crippen LogP contribution in [0.3, 0.4) is 0 Å². The van der Waals surface area contributed by atoms with Gasteiger partial charge in [0, 0.05) is 6.54 Å². The summed E-state index contributed by atoms with van der Waals surface area (Å²) in [5.74, 6) is 0.784. The van der Waals surface area contributed by atoms with E-state index in [1.807, 2.05) is 6.07 Å². The Bertz CT molecular complexity index is 476. The summed E-state index contributed by atoms with van der Waals surface area (Å²) in [5, 5.41) is 0. The van der Waals surface area contributed by atoms with Gasteiger partial charge in [-0.2, -0.15) is 0 Å². The molecular weight excluding hydrogens is 270 g/mol. The first kappa shape index (κ1) is 15.5. The Morgan fingerprint density at radius 2 is 1.65 bits per heavy atom. The zero-order valence-electron chi connectivity index (χ0n) is 12.0. The molecule has 0 heterocycles. The maximum Gasteiger partial charge on any atom is 0.256 e. The van der Waals surface area contributed by atoms with Gasteiger partial charge in [0.05, 0.1) is 4.90 Å². The normalized spacial score (nSPS) is 17.8. The van der Waals surface area contributed by atoms with Crippen LogP contribution in [0.4, 0.5) is 0 Å². The molecule has 0 aromatic heterocycles. The van der Waals surface area contributed by atoms with Crippen LogP contribution >= 0.6 is 0 Å². The maximum atomic E-state index is 12.0. The molecule has 0 spiro atoms. The maximum absolute atomic E-state index is 12.0. The van der Waals surface area contributed by atoms with E-state index in [1.165, 1.54) is 38.5 Å². The summed E-state index contributed by atoms with van der Waals surface area (Å²) in [6, 6.07) is 8.47. The smallest absolute Gasteiger partial charge is 0.206 e. The van der Waals surface area contributed by atoms with Crippen LogP contribution in [0.15, 0.2) is 35.2 Å². The Hall–Kier alpha value is -0.870. The largest absolute Gasteiger partial charge is 0.256 e. The molecule has 0 atom stereocenters. The molecule has 1 aliphatic carbocycles. The van der Waals surface area contributed by atoms with Crippen molar-refractivity contribution in [2.24, 2.45) is 5.92 Å². The molecule has 1 radical (unpaired) electrons. The van der Waals surface area contributed by atoms with Crippen molar-refractivity contribution < 1.29 is 8.42 Å². The van der Waals surface area contributed by atoms with E-state index in [4.69, 9.17) is 0 Å². The lowest BCUT2D eigenvalue weighted by atomic mass is 9.95. The van der Waals surface area contributed by atoms with E-state index in [1.54, 1.807) is 24.3 Å². The number of rotatable bonds is 6. The predicted molar refractivity (Wildman–Crippen MR) is 81.1 cm³/mol. The summed E-state index contributed by atoms with van der Waals surface area (Å²) in [4.78, 5) is 0.300. The molecule has 1 aromatic carbocycles. The fourth-order valence-corrected chi connectivity index (χ4v) is 3.90. The van der Waals surface area contributed by atoms with Crippen molar-refractivity contribution in [1.29, 1.82) is 0 Å². The van der Waals surface area contributed by atoms with Gasteiger partial charge in [-0.15, -0.1) is 4.72 Å². The molecule has 4 heteroatoms. The van der Waals surface area contributed by atoms with Crippen LogP contribution in [-0.2, 0) is 10.0 Å². The van der Waals surface area contributed by atoms with Crippen molar-refractivity contribution in [2.45, 2.75) is 56.3 Å². The van der Waals surface area contributed by atoms with E-state index in [0.29, 0.717) is 11.4 Å². The molecule has 0 amide bonds. The highest BCUT2D eigenvalue weighted by atomic mass is 32.2. The van der Waals surface area contributed by atoms with E-state index >= 15 is 0 Å². The van der Waals surface area contributed by atoms with Gasteiger partial charge >= 0.3 is 0 Å². The van der Waals surface area contributed by atoms with Crippen LogP contribution in [0.1, 0.15) is 51.4 Å². The molecule has 0 unspecified atom stereocenters. The highest BCUT2D eigenvalue weighted by Crippen LogP contribution is 2.26. The SMILES string of the molecule is O=S(=O)([N]CCCC1CCCCCC1)c1ccccc1. The van der Waals surface area contributed by atoms with Crippen molar-refractivity contribution >= 4 is 10.0 Å². The molecule has 111 valence electrons. The molecular formula is C16H24NO2S. The molecule has 0 aliphatic heterocycles. The zero-order valence-corrected chi connectivity index (χ0v) is 12.8. The average molecular weight is 294 g/mol. The van der Waals surface area contributed by atoms with Crippen LogP contribution in [0, 0.1) is 5.92 Å². The molecule has 0 N–H and O–H groups in total. The van der Waals surface area contributed by atoms with Crippen LogP contribution in [0.5, 0.6) is 0 Å². The Morgan fingerprint density at radius 1 is 1.00 bits per heavy atom. The monoisotopic (exact) mass is 294 g/mol. The van der Waals surface area contributed by atoms with Crippen molar-refractivity contribution in [3.8, 4) is 0 Å². The molecule has 1 aliphatic rings. The molecule has 20 heavy (non-hydrogen) atoms. The third-order valence-electron chi connectivity index (χ3n) is 4.05. The van der Waals surface area contributed by atoms with E-state index in [9.17, 15) is 8.42 Å². The summed E-state index contributed by atoms with van der Waals surface area (Å²) in [6.45, 7) is 0.424. The van der Waals surface area contributed by atoms with Crippen molar-refractivity contribution in [3.05, 3.63) is 30.3 Å². The summed E-state index contributed by atoms with van der Waals surface area (Å²) in [6.07, 6.45) is 10.0. The van der Waals surface area contributed by atoms with Crippen LogP contribution in [0.2, 0.25) is 0 Å². The van der Waals surface area contributed by atoms with Gasteiger partial charge in [0.2, 0.25) is 0 Å². The second-order valence-electron chi connectivity index (χ2n) is 5.64. The van der Waals surface area contributed by atoms with Gasteiger partial charge < -0.3 is 0 Å².